The SMILES string of the molecule is O=C(O)Cn1c(-c2ccccc2)c(Cl)nc(NCCc2ccccc2)c1=O. The molecule has 0 fully saturated rings. The average molecular weight is 384 g/mol. The molecule has 6 nitrogen and oxygen atoms in total. The molecule has 0 aliphatic rings. The molecule has 7 heteroatoms. The van der Waals surface area contributed by atoms with E-state index in [-0.39, 0.29) is 11.0 Å². The Kier molecular flexibility index (Phi) is 5.88. The summed E-state index contributed by atoms with van der Waals surface area (Å²) in [6, 6.07) is 18.7. The summed E-state index contributed by atoms with van der Waals surface area (Å²) in [5.74, 6) is -1.09. The minimum Gasteiger partial charge on any atom is -0.480 e. The van der Waals surface area contributed by atoms with E-state index in [4.69, 9.17) is 11.6 Å². The lowest BCUT2D eigenvalue weighted by molar-refractivity contribution is -0.137. The van der Waals surface area contributed by atoms with Crippen molar-refractivity contribution in [2.24, 2.45) is 0 Å². The average Bonchev–Trinajstić information content (AvgIpc) is 2.67. The van der Waals surface area contributed by atoms with Gasteiger partial charge in [0.05, 0.1) is 5.69 Å². The molecule has 138 valence electrons. The zero-order valence-corrected chi connectivity index (χ0v) is 15.2. The molecule has 3 rings (SSSR count). The van der Waals surface area contributed by atoms with Gasteiger partial charge in [-0.25, -0.2) is 4.98 Å². The Hall–Kier alpha value is -3.12. The molecule has 0 aliphatic carbocycles. The number of rotatable bonds is 7. The molecule has 0 bridgehead atoms. The maximum absolute atomic E-state index is 12.8. The van der Waals surface area contributed by atoms with Gasteiger partial charge in [0.15, 0.2) is 11.0 Å². The standard InChI is InChI=1S/C20H18ClN3O3/c21-18-17(15-9-5-2-6-10-15)24(13-16(25)26)20(27)19(23-18)22-12-11-14-7-3-1-4-8-14/h1-10H,11-13H2,(H,22,23)(H,25,26). The zero-order chi connectivity index (χ0) is 19.2. The Morgan fingerprint density at radius 1 is 1.07 bits per heavy atom. The summed E-state index contributed by atoms with van der Waals surface area (Å²) in [4.78, 5) is 28.3. The van der Waals surface area contributed by atoms with E-state index in [1.165, 1.54) is 0 Å². The summed E-state index contributed by atoms with van der Waals surface area (Å²) in [6.07, 6.45) is 0.693. The molecule has 0 aliphatic heterocycles. The van der Waals surface area contributed by atoms with E-state index in [9.17, 15) is 14.7 Å². The van der Waals surface area contributed by atoms with Crippen LogP contribution in [0.1, 0.15) is 5.56 Å². The molecule has 0 atom stereocenters. The molecule has 0 radical (unpaired) electrons. The number of nitrogens with zero attached hydrogens (tertiary/aromatic N) is 2. The van der Waals surface area contributed by atoms with Crippen LogP contribution >= 0.6 is 11.6 Å². The first-order valence-corrected chi connectivity index (χ1v) is 8.79. The van der Waals surface area contributed by atoms with E-state index in [0.717, 1.165) is 10.1 Å². The van der Waals surface area contributed by atoms with Crippen molar-refractivity contribution in [3.05, 3.63) is 81.7 Å². The second-order valence-electron chi connectivity index (χ2n) is 5.91. The molecule has 0 saturated heterocycles. The third-order valence-electron chi connectivity index (χ3n) is 4.01. The lowest BCUT2D eigenvalue weighted by Crippen LogP contribution is -2.30. The fraction of sp³-hybridized carbons (Fsp3) is 0.150. The highest BCUT2D eigenvalue weighted by molar-refractivity contribution is 6.32. The van der Waals surface area contributed by atoms with Gasteiger partial charge in [0.25, 0.3) is 5.56 Å². The number of carbonyl (C=O) groups is 1. The predicted octanol–water partition coefficient (Wildman–Crippen LogP) is 3.30. The summed E-state index contributed by atoms with van der Waals surface area (Å²) >= 11 is 6.32. The van der Waals surface area contributed by atoms with Crippen LogP contribution in [0.4, 0.5) is 5.82 Å². The minimum atomic E-state index is -1.13. The molecule has 0 spiro atoms. The highest BCUT2D eigenvalue weighted by Crippen LogP contribution is 2.26. The summed E-state index contributed by atoms with van der Waals surface area (Å²) in [5, 5.41) is 12.3. The predicted molar refractivity (Wildman–Crippen MR) is 105 cm³/mol. The first-order chi connectivity index (χ1) is 13.1. The highest BCUT2D eigenvalue weighted by Gasteiger charge is 2.18. The van der Waals surface area contributed by atoms with E-state index in [2.05, 4.69) is 10.3 Å². The largest absolute Gasteiger partial charge is 0.480 e. The Balaban J connectivity index is 1.93. The number of hydrogen-bond donors (Lipinski definition) is 2. The third kappa shape index (κ3) is 4.54. The topological polar surface area (TPSA) is 84.2 Å². The molecular weight excluding hydrogens is 366 g/mol. The van der Waals surface area contributed by atoms with Crippen molar-refractivity contribution >= 4 is 23.4 Å². The van der Waals surface area contributed by atoms with Crippen LogP contribution in [0.3, 0.4) is 0 Å². The molecule has 2 aromatic carbocycles. The number of halogens is 1. The summed E-state index contributed by atoms with van der Waals surface area (Å²) in [5.41, 5.74) is 1.51. The Labute approximate surface area is 161 Å². The summed E-state index contributed by atoms with van der Waals surface area (Å²) < 4.78 is 1.14. The second kappa shape index (κ2) is 8.51. The number of hydrogen-bond acceptors (Lipinski definition) is 4. The molecule has 2 N–H and O–H groups in total. The molecule has 27 heavy (non-hydrogen) atoms. The normalized spacial score (nSPS) is 10.6. The van der Waals surface area contributed by atoms with Crippen molar-refractivity contribution in [2.45, 2.75) is 13.0 Å². The van der Waals surface area contributed by atoms with Gasteiger partial charge in [-0.1, -0.05) is 72.3 Å². The number of nitrogens with one attached hydrogen (secondary N) is 1. The highest BCUT2D eigenvalue weighted by atomic mass is 35.5. The van der Waals surface area contributed by atoms with Gasteiger partial charge in [-0.05, 0) is 12.0 Å². The number of benzene rings is 2. The van der Waals surface area contributed by atoms with Crippen molar-refractivity contribution in [3.8, 4) is 11.3 Å². The quantitative estimate of drug-likeness (QED) is 0.654. The number of aliphatic carboxylic acids is 1. The van der Waals surface area contributed by atoms with Gasteiger partial charge < -0.3 is 10.4 Å². The fourth-order valence-electron chi connectivity index (χ4n) is 2.78. The van der Waals surface area contributed by atoms with Crippen LogP contribution in [0.2, 0.25) is 5.15 Å². The van der Waals surface area contributed by atoms with E-state index < -0.39 is 18.1 Å². The third-order valence-corrected chi connectivity index (χ3v) is 4.28. The molecular formula is C20H18ClN3O3. The van der Waals surface area contributed by atoms with Crippen LogP contribution in [-0.2, 0) is 17.8 Å². The van der Waals surface area contributed by atoms with Crippen LogP contribution in [0.15, 0.2) is 65.5 Å². The minimum absolute atomic E-state index is 0.0388. The fourth-order valence-corrected chi connectivity index (χ4v) is 3.08. The number of carboxylic acids is 1. The molecule has 0 unspecified atom stereocenters. The first-order valence-electron chi connectivity index (χ1n) is 8.41. The summed E-state index contributed by atoms with van der Waals surface area (Å²) in [7, 11) is 0. The van der Waals surface area contributed by atoms with Crippen molar-refractivity contribution in [3.63, 3.8) is 0 Å². The van der Waals surface area contributed by atoms with Crippen LogP contribution in [0, 0.1) is 0 Å². The van der Waals surface area contributed by atoms with Crippen LogP contribution in [0.5, 0.6) is 0 Å². The Morgan fingerprint density at radius 2 is 1.70 bits per heavy atom. The number of carboxylic acid groups (broad SMARTS) is 1. The van der Waals surface area contributed by atoms with Crippen LogP contribution in [-0.4, -0.2) is 27.2 Å². The Bertz CT molecular complexity index is 989. The molecule has 1 heterocycles. The van der Waals surface area contributed by atoms with E-state index in [1.807, 2.05) is 36.4 Å². The van der Waals surface area contributed by atoms with Crippen LogP contribution < -0.4 is 10.9 Å². The lowest BCUT2D eigenvalue weighted by atomic mass is 10.1. The second-order valence-corrected chi connectivity index (χ2v) is 6.27. The Morgan fingerprint density at radius 3 is 2.33 bits per heavy atom. The van der Waals surface area contributed by atoms with E-state index >= 15 is 0 Å². The van der Waals surface area contributed by atoms with E-state index in [0.29, 0.717) is 24.2 Å². The molecule has 1 aromatic heterocycles. The van der Waals surface area contributed by atoms with Crippen molar-refractivity contribution in [2.75, 3.05) is 11.9 Å². The zero-order valence-electron chi connectivity index (χ0n) is 14.4. The van der Waals surface area contributed by atoms with Crippen molar-refractivity contribution in [1.82, 2.24) is 9.55 Å². The van der Waals surface area contributed by atoms with Gasteiger partial charge in [0.2, 0.25) is 0 Å². The smallest absolute Gasteiger partial charge is 0.323 e. The van der Waals surface area contributed by atoms with Crippen molar-refractivity contribution in [1.29, 1.82) is 0 Å². The monoisotopic (exact) mass is 383 g/mol. The molecule has 0 amide bonds. The van der Waals surface area contributed by atoms with Gasteiger partial charge in [0, 0.05) is 12.1 Å². The maximum Gasteiger partial charge on any atom is 0.323 e. The molecule has 3 aromatic rings. The maximum atomic E-state index is 12.8. The van der Waals surface area contributed by atoms with E-state index in [1.54, 1.807) is 24.3 Å². The summed E-state index contributed by atoms with van der Waals surface area (Å²) in [6.45, 7) is -0.0288. The lowest BCUT2D eigenvalue weighted by Gasteiger charge is -2.15. The molecule has 0 saturated carbocycles. The first kappa shape index (κ1) is 18.7. The van der Waals surface area contributed by atoms with Gasteiger partial charge >= 0.3 is 5.97 Å². The number of aromatic nitrogens is 2. The van der Waals surface area contributed by atoms with Crippen LogP contribution in [0.25, 0.3) is 11.3 Å². The van der Waals surface area contributed by atoms with Gasteiger partial charge in [-0.2, -0.15) is 0 Å². The van der Waals surface area contributed by atoms with Gasteiger partial charge in [-0.3, -0.25) is 14.2 Å². The van der Waals surface area contributed by atoms with Gasteiger partial charge in [-0.15, -0.1) is 0 Å². The number of anilines is 1. The van der Waals surface area contributed by atoms with Gasteiger partial charge in [0.1, 0.15) is 6.54 Å². The van der Waals surface area contributed by atoms with Crippen molar-refractivity contribution < 1.29 is 9.90 Å².